The van der Waals surface area contributed by atoms with Gasteiger partial charge in [0.15, 0.2) is 0 Å². The molecule has 0 saturated carbocycles. The molecule has 0 atom stereocenters. The van der Waals surface area contributed by atoms with E-state index in [2.05, 4.69) is 14.1 Å². The number of aromatic nitrogens is 2. The number of nitrogens with zero attached hydrogens (tertiary/aromatic N) is 2. The lowest BCUT2D eigenvalue weighted by Gasteiger charge is -2.06. The fraction of sp³-hybridized carbons (Fsp3) is 0.0714. The highest BCUT2D eigenvalue weighted by Crippen LogP contribution is 2.21. The Balaban J connectivity index is 1.86. The zero-order valence-electron chi connectivity index (χ0n) is 10.3. The van der Waals surface area contributed by atoms with E-state index in [1.165, 1.54) is 0 Å². The molecule has 0 unspecified atom stereocenters. The number of benzene rings is 2. The molecule has 6 heteroatoms. The third kappa shape index (κ3) is 2.50. The molecule has 3 aromatic rings. The summed E-state index contributed by atoms with van der Waals surface area (Å²) in [5.74, 6) is 0.262. The Bertz CT molecular complexity index is 754. The van der Waals surface area contributed by atoms with Crippen LogP contribution in [0.2, 0.25) is 0 Å². The Morgan fingerprint density at radius 1 is 1.15 bits per heavy atom. The van der Waals surface area contributed by atoms with Gasteiger partial charge < -0.3 is 5.32 Å². The summed E-state index contributed by atoms with van der Waals surface area (Å²) in [5.41, 5.74) is 3.73. The van der Waals surface area contributed by atoms with Crippen molar-refractivity contribution in [3.8, 4) is 0 Å². The van der Waals surface area contributed by atoms with Crippen LogP contribution in [-0.4, -0.2) is 14.7 Å². The zero-order chi connectivity index (χ0) is 13.9. The molecule has 0 aliphatic heterocycles. The number of alkyl halides is 1. The molecule has 1 aromatic heterocycles. The predicted octanol–water partition coefficient (Wildman–Crippen LogP) is 3.68. The summed E-state index contributed by atoms with van der Waals surface area (Å²) in [7, 11) is 0. The molecule has 0 radical (unpaired) electrons. The quantitative estimate of drug-likeness (QED) is 0.751. The van der Waals surface area contributed by atoms with Gasteiger partial charge in [0.2, 0.25) is 0 Å². The molecule has 1 heterocycles. The van der Waals surface area contributed by atoms with Gasteiger partial charge in [0.05, 0.1) is 17.4 Å². The van der Waals surface area contributed by atoms with Crippen molar-refractivity contribution < 1.29 is 4.79 Å². The van der Waals surface area contributed by atoms with Gasteiger partial charge in [-0.3, -0.25) is 4.79 Å². The number of nitrogens with one attached hydrogen (secondary N) is 1. The van der Waals surface area contributed by atoms with Crippen LogP contribution >= 0.6 is 23.3 Å². The minimum Gasteiger partial charge on any atom is -0.320 e. The Labute approximate surface area is 124 Å². The third-order valence-corrected chi connectivity index (χ3v) is 3.76. The zero-order valence-corrected chi connectivity index (χ0v) is 11.9. The van der Waals surface area contributed by atoms with Crippen LogP contribution in [0.3, 0.4) is 0 Å². The molecule has 1 N–H and O–H groups in total. The number of carbonyl (C=O) groups is 1. The van der Waals surface area contributed by atoms with Crippen LogP contribution in [0.5, 0.6) is 0 Å². The van der Waals surface area contributed by atoms with Crippen molar-refractivity contribution >= 4 is 46.0 Å². The number of anilines is 1. The Hall–Kier alpha value is -1.98. The standard InChI is InChI=1S/C14H10ClN3OS/c15-8-9-4-6-10(7-5-9)14(19)16-11-2-1-3-12-13(11)18-20-17-12/h1-7H,8H2,(H,16,19). The molecule has 0 fully saturated rings. The first-order valence-corrected chi connectivity index (χ1v) is 7.22. The second-order valence-corrected chi connectivity index (χ2v) is 5.02. The van der Waals surface area contributed by atoms with Crippen molar-refractivity contribution in [3.05, 3.63) is 53.6 Å². The number of hydrogen-bond donors (Lipinski definition) is 1. The van der Waals surface area contributed by atoms with E-state index in [1.54, 1.807) is 12.1 Å². The summed E-state index contributed by atoms with van der Waals surface area (Å²) >= 11 is 6.86. The average Bonchev–Trinajstić information content (AvgIpc) is 2.97. The van der Waals surface area contributed by atoms with E-state index in [0.717, 1.165) is 22.8 Å². The van der Waals surface area contributed by atoms with Gasteiger partial charge in [0, 0.05) is 11.4 Å². The molecule has 0 spiro atoms. The van der Waals surface area contributed by atoms with Gasteiger partial charge in [0.25, 0.3) is 5.91 Å². The van der Waals surface area contributed by atoms with Gasteiger partial charge in [0.1, 0.15) is 11.0 Å². The van der Waals surface area contributed by atoms with E-state index >= 15 is 0 Å². The molecule has 0 aliphatic carbocycles. The maximum atomic E-state index is 12.2. The lowest BCUT2D eigenvalue weighted by Crippen LogP contribution is -2.12. The summed E-state index contributed by atoms with van der Waals surface area (Å²) in [6, 6.07) is 12.7. The van der Waals surface area contributed by atoms with Crippen molar-refractivity contribution in [3.63, 3.8) is 0 Å². The van der Waals surface area contributed by atoms with Crippen LogP contribution in [0.15, 0.2) is 42.5 Å². The molecular formula is C14H10ClN3OS. The third-order valence-electron chi connectivity index (χ3n) is 2.90. The molecule has 4 nitrogen and oxygen atoms in total. The Morgan fingerprint density at radius 2 is 1.95 bits per heavy atom. The van der Waals surface area contributed by atoms with Gasteiger partial charge in [-0.05, 0) is 29.8 Å². The van der Waals surface area contributed by atoms with E-state index in [4.69, 9.17) is 11.6 Å². The average molecular weight is 304 g/mol. The van der Waals surface area contributed by atoms with Gasteiger partial charge in [-0.2, -0.15) is 8.75 Å². The second-order valence-electron chi connectivity index (χ2n) is 4.22. The van der Waals surface area contributed by atoms with Crippen molar-refractivity contribution in [2.24, 2.45) is 0 Å². The van der Waals surface area contributed by atoms with Crippen molar-refractivity contribution in [2.75, 3.05) is 5.32 Å². The smallest absolute Gasteiger partial charge is 0.255 e. The fourth-order valence-electron chi connectivity index (χ4n) is 1.85. The normalized spacial score (nSPS) is 10.7. The summed E-state index contributed by atoms with van der Waals surface area (Å²) in [6.07, 6.45) is 0. The van der Waals surface area contributed by atoms with E-state index in [-0.39, 0.29) is 5.91 Å². The molecule has 1 amide bonds. The maximum absolute atomic E-state index is 12.2. The van der Waals surface area contributed by atoms with Gasteiger partial charge in [-0.25, -0.2) is 0 Å². The molecule has 20 heavy (non-hydrogen) atoms. The van der Waals surface area contributed by atoms with E-state index < -0.39 is 0 Å². The number of fused-ring (bicyclic) bond motifs is 1. The summed E-state index contributed by atoms with van der Waals surface area (Å²) in [5, 5.41) is 2.86. The van der Waals surface area contributed by atoms with Crippen molar-refractivity contribution in [1.82, 2.24) is 8.75 Å². The van der Waals surface area contributed by atoms with Crippen LogP contribution in [0.1, 0.15) is 15.9 Å². The topological polar surface area (TPSA) is 54.9 Å². The second kappa shape index (κ2) is 5.56. The van der Waals surface area contributed by atoms with Crippen molar-refractivity contribution in [1.29, 1.82) is 0 Å². The first-order chi connectivity index (χ1) is 9.78. The van der Waals surface area contributed by atoms with E-state index in [0.29, 0.717) is 22.6 Å². The highest BCUT2D eigenvalue weighted by Gasteiger charge is 2.10. The molecule has 0 saturated heterocycles. The molecule has 0 aliphatic rings. The first kappa shape index (κ1) is 13.0. The van der Waals surface area contributed by atoms with Crippen LogP contribution in [0.4, 0.5) is 5.69 Å². The maximum Gasteiger partial charge on any atom is 0.255 e. The van der Waals surface area contributed by atoms with Crippen LogP contribution in [-0.2, 0) is 5.88 Å². The number of hydrogen-bond acceptors (Lipinski definition) is 4. The lowest BCUT2D eigenvalue weighted by molar-refractivity contribution is 0.102. The molecule has 0 bridgehead atoms. The van der Waals surface area contributed by atoms with Gasteiger partial charge >= 0.3 is 0 Å². The number of amides is 1. The monoisotopic (exact) mass is 303 g/mol. The number of halogens is 1. The van der Waals surface area contributed by atoms with E-state index in [9.17, 15) is 4.79 Å². The first-order valence-electron chi connectivity index (χ1n) is 5.95. The molecular weight excluding hydrogens is 294 g/mol. The van der Waals surface area contributed by atoms with E-state index in [1.807, 2.05) is 30.3 Å². The summed E-state index contributed by atoms with van der Waals surface area (Å²) in [6.45, 7) is 0. The van der Waals surface area contributed by atoms with Gasteiger partial charge in [-0.1, -0.05) is 18.2 Å². The van der Waals surface area contributed by atoms with Crippen LogP contribution < -0.4 is 5.32 Å². The SMILES string of the molecule is O=C(Nc1cccc2nsnc12)c1ccc(CCl)cc1. The Kier molecular flexibility index (Phi) is 3.62. The van der Waals surface area contributed by atoms with Crippen LogP contribution in [0.25, 0.3) is 11.0 Å². The molecule has 2 aromatic carbocycles. The highest BCUT2D eigenvalue weighted by molar-refractivity contribution is 7.00. The molecule has 3 rings (SSSR count). The highest BCUT2D eigenvalue weighted by atomic mass is 35.5. The fourth-order valence-corrected chi connectivity index (χ4v) is 2.57. The predicted molar refractivity (Wildman–Crippen MR) is 81.4 cm³/mol. The summed E-state index contributed by atoms with van der Waals surface area (Å²) in [4.78, 5) is 12.2. The molecule has 100 valence electrons. The Morgan fingerprint density at radius 3 is 2.70 bits per heavy atom. The van der Waals surface area contributed by atoms with Crippen LogP contribution in [0, 0.1) is 0 Å². The largest absolute Gasteiger partial charge is 0.320 e. The number of carbonyl (C=O) groups excluding carboxylic acids is 1. The number of rotatable bonds is 3. The van der Waals surface area contributed by atoms with Crippen molar-refractivity contribution in [2.45, 2.75) is 5.88 Å². The summed E-state index contributed by atoms with van der Waals surface area (Å²) < 4.78 is 8.34. The van der Waals surface area contributed by atoms with Gasteiger partial charge in [-0.15, -0.1) is 11.6 Å². The minimum absolute atomic E-state index is 0.174. The minimum atomic E-state index is -0.174. The lowest BCUT2D eigenvalue weighted by atomic mass is 10.1.